The van der Waals surface area contributed by atoms with Crippen molar-refractivity contribution in [2.24, 2.45) is 5.92 Å². The quantitative estimate of drug-likeness (QED) is 0.860. The van der Waals surface area contributed by atoms with Gasteiger partial charge in [0.05, 0.1) is 24.2 Å². The SMILES string of the molecule is Cc1ccc(C#CCCO)c(C(=O)N(C)CC(C)C#N)c1. The third-order valence-electron chi connectivity index (χ3n) is 2.98. The summed E-state index contributed by atoms with van der Waals surface area (Å²) in [6, 6.07) is 7.64. The fourth-order valence-corrected chi connectivity index (χ4v) is 1.90. The summed E-state index contributed by atoms with van der Waals surface area (Å²) in [7, 11) is 1.68. The minimum atomic E-state index is -0.215. The molecule has 0 spiro atoms. The molecule has 21 heavy (non-hydrogen) atoms. The second-order valence-electron chi connectivity index (χ2n) is 5.04. The number of nitrogens with zero attached hydrogens (tertiary/aromatic N) is 2. The maximum absolute atomic E-state index is 12.5. The molecule has 0 bridgehead atoms. The first kappa shape index (κ1) is 16.8. The Kier molecular flexibility index (Phi) is 6.46. The van der Waals surface area contributed by atoms with E-state index in [1.807, 2.05) is 19.1 Å². The molecule has 0 aromatic heterocycles. The van der Waals surface area contributed by atoms with E-state index in [4.69, 9.17) is 10.4 Å². The molecule has 4 nitrogen and oxygen atoms in total. The van der Waals surface area contributed by atoms with Crippen LogP contribution in [-0.2, 0) is 0 Å². The highest BCUT2D eigenvalue weighted by molar-refractivity contribution is 5.96. The van der Waals surface area contributed by atoms with Gasteiger partial charge in [-0.1, -0.05) is 23.5 Å². The van der Waals surface area contributed by atoms with Gasteiger partial charge in [-0.15, -0.1) is 0 Å². The third-order valence-corrected chi connectivity index (χ3v) is 2.98. The van der Waals surface area contributed by atoms with Gasteiger partial charge in [0.15, 0.2) is 0 Å². The Morgan fingerprint density at radius 2 is 2.19 bits per heavy atom. The van der Waals surface area contributed by atoms with E-state index in [0.717, 1.165) is 5.56 Å². The predicted octanol–water partition coefficient (Wildman–Crippen LogP) is 1.96. The number of aliphatic hydroxyl groups excluding tert-OH is 1. The molecular weight excluding hydrogens is 264 g/mol. The van der Waals surface area contributed by atoms with E-state index >= 15 is 0 Å². The number of nitriles is 1. The van der Waals surface area contributed by atoms with Crippen LogP contribution < -0.4 is 0 Å². The van der Waals surface area contributed by atoms with Crippen LogP contribution in [0.2, 0.25) is 0 Å². The van der Waals surface area contributed by atoms with Gasteiger partial charge in [-0.2, -0.15) is 5.26 Å². The molecule has 0 aliphatic carbocycles. The van der Waals surface area contributed by atoms with E-state index in [0.29, 0.717) is 24.1 Å². The molecule has 1 rings (SSSR count). The molecule has 4 heteroatoms. The fourth-order valence-electron chi connectivity index (χ4n) is 1.90. The topological polar surface area (TPSA) is 64.3 Å². The van der Waals surface area contributed by atoms with E-state index in [2.05, 4.69) is 17.9 Å². The monoisotopic (exact) mass is 284 g/mol. The van der Waals surface area contributed by atoms with Crippen LogP contribution in [0.3, 0.4) is 0 Å². The number of rotatable bonds is 4. The summed E-state index contributed by atoms with van der Waals surface area (Å²) in [5, 5.41) is 17.6. The number of aryl methyl sites for hydroxylation is 1. The second kappa shape index (κ2) is 8.09. The zero-order valence-corrected chi connectivity index (χ0v) is 12.7. The lowest BCUT2D eigenvalue weighted by molar-refractivity contribution is 0.0784. The highest BCUT2D eigenvalue weighted by atomic mass is 16.2. The van der Waals surface area contributed by atoms with E-state index in [1.54, 1.807) is 24.9 Å². The number of benzene rings is 1. The van der Waals surface area contributed by atoms with Crippen molar-refractivity contribution < 1.29 is 9.90 Å². The van der Waals surface area contributed by atoms with Crippen molar-refractivity contribution in [2.45, 2.75) is 20.3 Å². The lowest BCUT2D eigenvalue weighted by Gasteiger charge is -2.19. The van der Waals surface area contributed by atoms with Crippen LogP contribution in [0.15, 0.2) is 18.2 Å². The average Bonchev–Trinajstić information content (AvgIpc) is 2.47. The van der Waals surface area contributed by atoms with Gasteiger partial charge in [0.25, 0.3) is 5.91 Å². The van der Waals surface area contributed by atoms with Crippen molar-refractivity contribution in [3.05, 3.63) is 34.9 Å². The van der Waals surface area contributed by atoms with Crippen molar-refractivity contribution >= 4 is 5.91 Å². The molecule has 0 fully saturated rings. The summed E-state index contributed by atoms with van der Waals surface area (Å²) in [6.07, 6.45) is 0.378. The van der Waals surface area contributed by atoms with Crippen molar-refractivity contribution in [1.29, 1.82) is 5.26 Å². The number of carbonyl (C=O) groups is 1. The summed E-state index contributed by atoms with van der Waals surface area (Å²) in [4.78, 5) is 14.0. The van der Waals surface area contributed by atoms with Crippen molar-refractivity contribution in [2.75, 3.05) is 20.2 Å². The molecule has 0 heterocycles. The largest absolute Gasteiger partial charge is 0.395 e. The molecule has 1 unspecified atom stereocenters. The van der Waals surface area contributed by atoms with Gasteiger partial charge >= 0.3 is 0 Å². The normalized spacial score (nSPS) is 11.0. The Balaban J connectivity index is 3.05. The lowest BCUT2D eigenvalue weighted by atomic mass is 10.0. The number of carbonyl (C=O) groups excluding carboxylic acids is 1. The Labute approximate surface area is 126 Å². The molecule has 1 amide bonds. The fraction of sp³-hybridized carbons (Fsp3) is 0.412. The molecule has 0 saturated carbocycles. The molecule has 0 radical (unpaired) electrons. The van der Waals surface area contributed by atoms with E-state index < -0.39 is 0 Å². The van der Waals surface area contributed by atoms with Crippen LogP contribution >= 0.6 is 0 Å². The summed E-state index contributed by atoms with van der Waals surface area (Å²) >= 11 is 0. The third kappa shape index (κ3) is 4.95. The van der Waals surface area contributed by atoms with Gasteiger partial charge < -0.3 is 10.0 Å². The second-order valence-corrected chi connectivity index (χ2v) is 5.04. The van der Waals surface area contributed by atoms with E-state index in [1.165, 1.54) is 0 Å². The summed E-state index contributed by atoms with van der Waals surface area (Å²) in [5.74, 6) is 5.40. The Hall–Kier alpha value is -2.30. The smallest absolute Gasteiger partial charge is 0.254 e. The molecule has 1 atom stereocenters. The number of hydrogen-bond donors (Lipinski definition) is 1. The highest BCUT2D eigenvalue weighted by Gasteiger charge is 2.17. The average molecular weight is 284 g/mol. The first-order valence-electron chi connectivity index (χ1n) is 6.85. The summed E-state index contributed by atoms with van der Waals surface area (Å²) < 4.78 is 0. The van der Waals surface area contributed by atoms with Crippen molar-refractivity contribution in [3.8, 4) is 17.9 Å². The molecule has 0 aliphatic heterocycles. The molecule has 1 N–H and O–H groups in total. The van der Waals surface area contributed by atoms with Gasteiger partial charge in [-0.25, -0.2) is 0 Å². The van der Waals surface area contributed by atoms with Gasteiger partial charge in [0.1, 0.15) is 0 Å². The van der Waals surface area contributed by atoms with Crippen LogP contribution in [0.1, 0.15) is 34.8 Å². The molecular formula is C17H20N2O2. The van der Waals surface area contributed by atoms with Crippen LogP contribution in [-0.4, -0.2) is 36.1 Å². The maximum Gasteiger partial charge on any atom is 0.254 e. The van der Waals surface area contributed by atoms with Gasteiger partial charge in [0, 0.05) is 25.6 Å². The van der Waals surface area contributed by atoms with Gasteiger partial charge in [-0.3, -0.25) is 4.79 Å². The molecule has 110 valence electrons. The summed E-state index contributed by atoms with van der Waals surface area (Å²) in [5.41, 5.74) is 2.16. The van der Waals surface area contributed by atoms with E-state index in [9.17, 15) is 4.79 Å². The molecule has 1 aromatic rings. The maximum atomic E-state index is 12.5. The van der Waals surface area contributed by atoms with Crippen LogP contribution in [0, 0.1) is 36.0 Å². The van der Waals surface area contributed by atoms with Crippen molar-refractivity contribution in [1.82, 2.24) is 4.90 Å². The Morgan fingerprint density at radius 1 is 1.48 bits per heavy atom. The number of aliphatic hydroxyl groups is 1. The predicted molar refractivity (Wildman–Crippen MR) is 81.5 cm³/mol. The highest BCUT2D eigenvalue weighted by Crippen LogP contribution is 2.14. The van der Waals surface area contributed by atoms with E-state index in [-0.39, 0.29) is 18.4 Å². The molecule has 1 aromatic carbocycles. The molecule has 0 aliphatic rings. The standard InChI is InChI=1S/C17H20N2O2/c1-13-7-8-15(6-4-5-9-20)16(10-13)17(21)19(3)12-14(2)11-18/h7-8,10,14,20H,5,9,12H2,1-3H3. The van der Waals surface area contributed by atoms with Crippen LogP contribution in [0.4, 0.5) is 0 Å². The lowest BCUT2D eigenvalue weighted by Crippen LogP contribution is -2.31. The molecule has 0 saturated heterocycles. The first-order chi connectivity index (χ1) is 9.99. The minimum absolute atomic E-state index is 0.00171. The number of amides is 1. The summed E-state index contributed by atoms with van der Waals surface area (Å²) in [6.45, 7) is 4.08. The Bertz CT molecular complexity index is 605. The first-order valence-corrected chi connectivity index (χ1v) is 6.85. The van der Waals surface area contributed by atoms with Gasteiger partial charge in [0.2, 0.25) is 0 Å². The number of hydrogen-bond acceptors (Lipinski definition) is 3. The van der Waals surface area contributed by atoms with Crippen LogP contribution in [0.25, 0.3) is 0 Å². The minimum Gasteiger partial charge on any atom is -0.395 e. The van der Waals surface area contributed by atoms with Gasteiger partial charge in [-0.05, 0) is 26.0 Å². The zero-order chi connectivity index (χ0) is 15.8. The van der Waals surface area contributed by atoms with Crippen LogP contribution in [0.5, 0.6) is 0 Å². The van der Waals surface area contributed by atoms with Crippen molar-refractivity contribution in [3.63, 3.8) is 0 Å². The Morgan fingerprint density at radius 3 is 2.81 bits per heavy atom. The zero-order valence-electron chi connectivity index (χ0n) is 12.7.